The molecule has 4 heteroatoms. The van der Waals surface area contributed by atoms with Crippen LogP contribution in [-0.2, 0) is 61.3 Å². The molecule has 2 radical (unpaired) electrons. The molecule has 0 aromatic heterocycles. The SMILES string of the molecule is [Ir].[La].[Ru].[Ti]. The molecule has 0 aliphatic heterocycles. The summed E-state index contributed by atoms with van der Waals surface area (Å²) >= 11 is 0. The molecule has 0 nitrogen and oxygen atoms in total. The molecule has 0 aliphatic rings. The molecule has 4 heavy (non-hydrogen) atoms. The van der Waals surface area contributed by atoms with E-state index in [0.717, 1.165) is 0 Å². The number of hydrogen-bond acceptors (Lipinski definition) is 0. The number of hydrogen-bond donors (Lipinski definition) is 0. The topological polar surface area (TPSA) is 0 Å². The molecule has 0 aliphatic carbocycles. The first kappa shape index (κ1) is 27.1. The van der Waals surface area contributed by atoms with E-state index in [2.05, 4.69) is 0 Å². The zero-order valence-electron chi connectivity index (χ0n) is 1.76. The van der Waals surface area contributed by atoms with Crippen molar-refractivity contribution in [3.63, 3.8) is 0 Å². The fraction of sp³-hybridized carbons (Fsp3) is 0. The van der Waals surface area contributed by atoms with Gasteiger partial charge >= 0.3 is 0 Å². The van der Waals surface area contributed by atoms with Crippen LogP contribution in [0.5, 0.6) is 0 Å². The summed E-state index contributed by atoms with van der Waals surface area (Å²) in [4.78, 5) is 0. The van der Waals surface area contributed by atoms with Crippen molar-refractivity contribution in [2.24, 2.45) is 0 Å². The Hall–Kier alpha value is 3.18. The molecular formula is IrLaRuTi. The Kier molecular flexibility index (Phi) is 111. The van der Waals surface area contributed by atoms with Crippen LogP contribution in [0.3, 0.4) is 0 Å². The van der Waals surface area contributed by atoms with Gasteiger partial charge in [-0.25, -0.2) is 0 Å². The van der Waals surface area contributed by atoms with Crippen molar-refractivity contribution in [3.8, 4) is 0 Å². The minimum Gasteiger partial charge on any atom is 0 e. The molecule has 0 bridgehead atoms. The second-order valence-corrected chi connectivity index (χ2v) is 0. The van der Waals surface area contributed by atoms with E-state index in [4.69, 9.17) is 0 Å². The Morgan fingerprint density at radius 3 is 1.00 bits per heavy atom. The van der Waals surface area contributed by atoms with E-state index < -0.39 is 0 Å². The van der Waals surface area contributed by atoms with Crippen LogP contribution < -0.4 is 0 Å². The molecule has 0 atom stereocenters. The first-order valence-corrected chi connectivity index (χ1v) is 0. The van der Waals surface area contributed by atoms with Gasteiger partial charge in [0.15, 0.2) is 0 Å². The molecule has 24 valence electrons. The summed E-state index contributed by atoms with van der Waals surface area (Å²) in [5, 5.41) is 0. The van der Waals surface area contributed by atoms with Crippen molar-refractivity contribution in [1.82, 2.24) is 0 Å². The molecule has 0 saturated heterocycles. The molecule has 0 spiro atoms. The Bertz CT molecular complexity index is 8.00. The van der Waals surface area contributed by atoms with Gasteiger partial charge in [0.05, 0.1) is 0 Å². The first-order chi connectivity index (χ1) is 0. The number of rotatable bonds is 0. The third-order valence-corrected chi connectivity index (χ3v) is 0. The van der Waals surface area contributed by atoms with Crippen LogP contribution >= 0.6 is 0 Å². The van der Waals surface area contributed by atoms with E-state index in [1.807, 2.05) is 0 Å². The predicted octanol–water partition coefficient (Wildman–Crippen LogP) is -0.00750. The maximum Gasteiger partial charge on any atom is 0 e. The van der Waals surface area contributed by atoms with Gasteiger partial charge < -0.3 is 0 Å². The first-order valence-electron chi connectivity index (χ1n) is 0. The molecule has 0 aromatic carbocycles. The molecule has 0 saturated carbocycles. The monoisotopic (exact) mass is 482 g/mol. The summed E-state index contributed by atoms with van der Waals surface area (Å²) in [7, 11) is 0. The zero-order valence-corrected chi connectivity index (χ0v) is 11.1. The molecule has 0 heterocycles. The predicted molar refractivity (Wildman–Crippen MR) is 0 cm³/mol. The van der Waals surface area contributed by atoms with Crippen LogP contribution in [0, 0.1) is 35.6 Å². The summed E-state index contributed by atoms with van der Waals surface area (Å²) in [6.45, 7) is 0. The Balaban J connectivity index is 0. The second kappa shape index (κ2) is 16.4. The van der Waals surface area contributed by atoms with Gasteiger partial charge in [0.25, 0.3) is 0 Å². The van der Waals surface area contributed by atoms with Crippen molar-refractivity contribution in [3.05, 3.63) is 0 Å². The normalized spacial score (nSPS) is 0. The van der Waals surface area contributed by atoms with E-state index >= 15 is 0 Å². The minimum atomic E-state index is 0. The van der Waals surface area contributed by atoms with Gasteiger partial charge in [-0.1, -0.05) is 0 Å². The standard InChI is InChI=1S/Ir.La.Ru.Ti. The van der Waals surface area contributed by atoms with Crippen molar-refractivity contribution in [2.75, 3.05) is 0 Å². The van der Waals surface area contributed by atoms with Crippen molar-refractivity contribution < 1.29 is 96.9 Å². The van der Waals surface area contributed by atoms with Gasteiger partial charge in [-0.2, -0.15) is 0 Å². The Morgan fingerprint density at radius 1 is 1.00 bits per heavy atom. The van der Waals surface area contributed by atoms with E-state index in [1.165, 1.54) is 0 Å². The van der Waals surface area contributed by atoms with Gasteiger partial charge in [-0.15, -0.1) is 0 Å². The van der Waals surface area contributed by atoms with Crippen LogP contribution in [-0.4, -0.2) is 0 Å². The zero-order chi connectivity index (χ0) is 0. The average Bonchev–Trinajstić information content (AvgIpc) is 0. The van der Waals surface area contributed by atoms with E-state index in [1.54, 1.807) is 0 Å². The summed E-state index contributed by atoms with van der Waals surface area (Å²) in [5.74, 6) is 0. The Labute approximate surface area is 94.8 Å². The third-order valence-electron chi connectivity index (χ3n) is 0. The van der Waals surface area contributed by atoms with Crippen molar-refractivity contribution in [1.29, 1.82) is 0 Å². The second-order valence-electron chi connectivity index (χ2n) is 0. The minimum absolute atomic E-state index is 0. The maximum absolute atomic E-state index is 0. The van der Waals surface area contributed by atoms with Crippen molar-refractivity contribution in [2.45, 2.75) is 0 Å². The molecule has 0 fully saturated rings. The van der Waals surface area contributed by atoms with Crippen LogP contribution in [0.25, 0.3) is 0 Å². The molecular weight excluding hydrogens is 480 g/mol. The molecule has 0 rings (SSSR count). The van der Waals surface area contributed by atoms with Gasteiger partial charge in [-0.05, 0) is 0 Å². The van der Waals surface area contributed by atoms with Crippen LogP contribution in [0.1, 0.15) is 0 Å². The van der Waals surface area contributed by atoms with Crippen LogP contribution in [0.4, 0.5) is 0 Å². The van der Waals surface area contributed by atoms with E-state index in [9.17, 15) is 0 Å². The largest absolute Gasteiger partial charge is 0 e. The molecule has 0 amide bonds. The maximum atomic E-state index is 0. The van der Waals surface area contributed by atoms with E-state index in [0.29, 0.717) is 0 Å². The van der Waals surface area contributed by atoms with Gasteiger partial charge in [0.2, 0.25) is 0 Å². The van der Waals surface area contributed by atoms with Crippen LogP contribution in [0.15, 0.2) is 0 Å². The Morgan fingerprint density at radius 2 is 1.00 bits per heavy atom. The van der Waals surface area contributed by atoms with Gasteiger partial charge in [0, 0.05) is 96.9 Å². The summed E-state index contributed by atoms with van der Waals surface area (Å²) < 4.78 is 0. The van der Waals surface area contributed by atoms with Gasteiger partial charge in [-0.3, -0.25) is 0 Å². The molecule has 0 unspecified atom stereocenters. The summed E-state index contributed by atoms with van der Waals surface area (Å²) in [5.41, 5.74) is 0. The average molecular weight is 480 g/mol. The van der Waals surface area contributed by atoms with Crippen molar-refractivity contribution >= 4 is 0 Å². The molecule has 0 N–H and O–H groups in total. The molecule has 0 aromatic rings. The fourth-order valence-electron chi connectivity index (χ4n) is 0. The smallest absolute Gasteiger partial charge is 0 e. The van der Waals surface area contributed by atoms with Gasteiger partial charge in [0.1, 0.15) is 0 Å². The fourth-order valence-corrected chi connectivity index (χ4v) is 0. The summed E-state index contributed by atoms with van der Waals surface area (Å²) in [6.07, 6.45) is 0. The quantitative estimate of drug-likeness (QED) is 0.429. The third kappa shape index (κ3) is 8.95. The van der Waals surface area contributed by atoms with E-state index in [-0.39, 0.29) is 96.9 Å². The summed E-state index contributed by atoms with van der Waals surface area (Å²) in [6, 6.07) is 0. The van der Waals surface area contributed by atoms with Crippen LogP contribution in [0.2, 0.25) is 0 Å².